The van der Waals surface area contributed by atoms with Crippen molar-refractivity contribution < 1.29 is 4.79 Å². The summed E-state index contributed by atoms with van der Waals surface area (Å²) in [6.07, 6.45) is 3.75. The van der Waals surface area contributed by atoms with E-state index in [1.54, 1.807) is 12.3 Å². The molecule has 2 N–H and O–H groups in total. The van der Waals surface area contributed by atoms with Crippen LogP contribution in [0.5, 0.6) is 0 Å². The molecule has 2 atom stereocenters. The molecule has 0 bridgehead atoms. The number of amides is 1. The molecule has 2 aromatic heterocycles. The number of thiocarbonyl (C=S) groups is 1. The first-order valence-corrected chi connectivity index (χ1v) is 12.1. The van der Waals surface area contributed by atoms with Gasteiger partial charge in [-0.05, 0) is 78.9 Å². The van der Waals surface area contributed by atoms with Gasteiger partial charge in [-0.1, -0.05) is 29.3 Å². The van der Waals surface area contributed by atoms with Gasteiger partial charge in [0.1, 0.15) is 6.04 Å². The highest BCUT2D eigenvalue weighted by atomic mass is 35.5. The quantitative estimate of drug-likeness (QED) is 0.301. The van der Waals surface area contributed by atoms with Gasteiger partial charge in [0.05, 0.1) is 22.4 Å². The number of nitrogens with one attached hydrogen (secondary N) is 2. The molecular weight excluding hydrogens is 501 g/mol. The van der Waals surface area contributed by atoms with Crippen LogP contribution in [0.3, 0.4) is 0 Å². The van der Waals surface area contributed by atoms with Crippen molar-refractivity contribution in [2.45, 2.75) is 19.0 Å². The summed E-state index contributed by atoms with van der Waals surface area (Å²) in [5, 5.41) is 7.96. The third-order valence-corrected chi connectivity index (χ3v) is 6.67. The second kappa shape index (κ2) is 9.70. The molecule has 4 aromatic rings. The van der Waals surface area contributed by atoms with Crippen molar-refractivity contribution in [3.8, 4) is 5.69 Å². The highest BCUT2D eigenvalue weighted by molar-refractivity contribution is 7.80. The summed E-state index contributed by atoms with van der Waals surface area (Å²) in [5.74, 6) is -0.123. The minimum Gasteiger partial charge on any atom is -0.351 e. The Morgan fingerprint density at radius 3 is 2.54 bits per heavy atom. The Morgan fingerprint density at radius 1 is 1.06 bits per heavy atom. The van der Waals surface area contributed by atoms with Crippen LogP contribution in [-0.2, 0) is 4.79 Å². The van der Waals surface area contributed by atoms with Gasteiger partial charge in [0.25, 0.3) is 0 Å². The molecule has 0 saturated carbocycles. The molecule has 1 aliphatic heterocycles. The Balaban J connectivity index is 1.63. The van der Waals surface area contributed by atoms with Crippen LogP contribution in [0, 0.1) is 0 Å². The summed E-state index contributed by atoms with van der Waals surface area (Å²) >= 11 is 18.6. The predicted molar refractivity (Wildman–Crippen MR) is 144 cm³/mol. The summed E-state index contributed by atoms with van der Waals surface area (Å²) in [7, 11) is 0. The predicted octanol–water partition coefficient (Wildman–Crippen LogP) is 6.31. The molecule has 0 spiro atoms. The lowest BCUT2D eigenvalue weighted by Crippen LogP contribution is -2.30. The first-order valence-electron chi connectivity index (χ1n) is 10.9. The zero-order valence-electron chi connectivity index (χ0n) is 18.7. The Bertz CT molecular complexity index is 1390. The Kier molecular flexibility index (Phi) is 6.47. The van der Waals surface area contributed by atoms with E-state index in [2.05, 4.69) is 26.6 Å². The number of nitrogens with zero attached hydrogens (tertiary/aromatic N) is 3. The molecule has 1 fully saturated rings. The fourth-order valence-corrected chi connectivity index (χ4v) is 5.22. The number of carbonyl (C=O) groups excluding carboxylic acids is 1. The van der Waals surface area contributed by atoms with Gasteiger partial charge in [-0.3, -0.25) is 9.78 Å². The molecule has 1 aliphatic rings. The number of hydrogen-bond acceptors (Lipinski definition) is 3. The van der Waals surface area contributed by atoms with E-state index in [0.717, 1.165) is 22.8 Å². The molecule has 3 heterocycles. The molecule has 6 nitrogen and oxygen atoms in total. The SMILES string of the molecule is CC(=O)Nc1ccc(N2C(=S)NC(c3ccccn3)C2c2cccn2-c2ccc(Cl)cc2Cl)cc1. The largest absolute Gasteiger partial charge is 0.351 e. The van der Waals surface area contributed by atoms with Gasteiger partial charge in [-0.15, -0.1) is 0 Å². The van der Waals surface area contributed by atoms with Crippen molar-refractivity contribution in [3.05, 3.63) is 107 Å². The molecule has 2 unspecified atom stereocenters. The van der Waals surface area contributed by atoms with E-state index in [0.29, 0.717) is 20.8 Å². The molecule has 0 radical (unpaired) electrons. The zero-order chi connectivity index (χ0) is 24.5. The van der Waals surface area contributed by atoms with Crippen LogP contribution in [0.4, 0.5) is 11.4 Å². The minimum absolute atomic E-state index is 0.123. The van der Waals surface area contributed by atoms with Crippen molar-refractivity contribution in [2.75, 3.05) is 10.2 Å². The molecule has 0 aliphatic carbocycles. The molecular formula is C26H21Cl2N5OS. The third kappa shape index (κ3) is 4.62. The molecule has 35 heavy (non-hydrogen) atoms. The van der Waals surface area contributed by atoms with E-state index < -0.39 is 0 Å². The average Bonchev–Trinajstić information content (AvgIpc) is 3.44. The fraction of sp³-hybridized carbons (Fsp3) is 0.115. The second-order valence-corrected chi connectivity index (χ2v) is 9.35. The Morgan fingerprint density at radius 2 is 1.86 bits per heavy atom. The van der Waals surface area contributed by atoms with E-state index in [9.17, 15) is 4.79 Å². The highest BCUT2D eigenvalue weighted by Crippen LogP contribution is 2.43. The number of hydrogen-bond donors (Lipinski definition) is 2. The fourth-order valence-electron chi connectivity index (χ4n) is 4.37. The van der Waals surface area contributed by atoms with E-state index in [1.807, 2.05) is 71.4 Å². The summed E-state index contributed by atoms with van der Waals surface area (Å²) in [5.41, 5.74) is 4.26. The summed E-state index contributed by atoms with van der Waals surface area (Å²) in [4.78, 5) is 18.1. The van der Waals surface area contributed by atoms with E-state index in [1.165, 1.54) is 6.92 Å². The van der Waals surface area contributed by atoms with E-state index in [4.69, 9.17) is 35.4 Å². The third-order valence-electron chi connectivity index (χ3n) is 5.82. The van der Waals surface area contributed by atoms with Crippen LogP contribution in [0.15, 0.2) is 85.2 Å². The maximum atomic E-state index is 11.5. The normalized spacial score (nSPS) is 17.3. The molecule has 1 saturated heterocycles. The van der Waals surface area contributed by atoms with Gasteiger partial charge < -0.3 is 20.1 Å². The van der Waals surface area contributed by atoms with E-state index >= 15 is 0 Å². The lowest BCUT2D eigenvalue weighted by atomic mass is 10.0. The molecule has 5 rings (SSSR count). The number of aromatic nitrogens is 2. The van der Waals surface area contributed by atoms with Crippen molar-refractivity contribution in [1.29, 1.82) is 0 Å². The molecule has 1 amide bonds. The first-order chi connectivity index (χ1) is 16.9. The van der Waals surface area contributed by atoms with Crippen molar-refractivity contribution in [3.63, 3.8) is 0 Å². The van der Waals surface area contributed by atoms with Gasteiger partial charge in [0, 0.05) is 41.4 Å². The Hall–Kier alpha value is -3.39. The molecule has 2 aromatic carbocycles. The van der Waals surface area contributed by atoms with Crippen LogP contribution < -0.4 is 15.5 Å². The van der Waals surface area contributed by atoms with E-state index in [-0.39, 0.29) is 18.0 Å². The lowest BCUT2D eigenvalue weighted by molar-refractivity contribution is -0.114. The van der Waals surface area contributed by atoms with Crippen LogP contribution >= 0.6 is 35.4 Å². The Labute approximate surface area is 218 Å². The average molecular weight is 522 g/mol. The van der Waals surface area contributed by atoms with Crippen LogP contribution in [0.2, 0.25) is 10.0 Å². The van der Waals surface area contributed by atoms with Crippen LogP contribution in [0.25, 0.3) is 5.69 Å². The second-order valence-electron chi connectivity index (χ2n) is 8.12. The smallest absolute Gasteiger partial charge is 0.221 e. The van der Waals surface area contributed by atoms with Gasteiger partial charge in [0.15, 0.2) is 5.11 Å². The van der Waals surface area contributed by atoms with Gasteiger partial charge in [-0.25, -0.2) is 0 Å². The summed E-state index contributed by atoms with van der Waals surface area (Å²) < 4.78 is 2.05. The number of benzene rings is 2. The molecule has 9 heteroatoms. The number of rotatable bonds is 5. The van der Waals surface area contributed by atoms with Crippen LogP contribution in [-0.4, -0.2) is 20.6 Å². The lowest BCUT2D eigenvalue weighted by Gasteiger charge is -2.29. The number of pyridine rings is 1. The number of anilines is 2. The highest BCUT2D eigenvalue weighted by Gasteiger charge is 2.42. The zero-order valence-corrected chi connectivity index (χ0v) is 21.0. The van der Waals surface area contributed by atoms with Crippen molar-refractivity contribution in [1.82, 2.24) is 14.9 Å². The summed E-state index contributed by atoms with van der Waals surface area (Å²) in [6, 6.07) is 22.5. The monoisotopic (exact) mass is 521 g/mol. The number of carbonyl (C=O) groups is 1. The number of halogens is 2. The van der Waals surface area contributed by atoms with Crippen molar-refractivity contribution in [2.24, 2.45) is 0 Å². The van der Waals surface area contributed by atoms with Crippen LogP contribution in [0.1, 0.15) is 30.4 Å². The molecule has 176 valence electrons. The minimum atomic E-state index is -0.231. The van der Waals surface area contributed by atoms with Gasteiger partial charge in [0.2, 0.25) is 5.91 Å². The van der Waals surface area contributed by atoms with Crippen molar-refractivity contribution >= 4 is 57.8 Å². The maximum absolute atomic E-state index is 11.5. The standard InChI is InChI=1S/C26H21Cl2N5OS/c1-16(34)30-18-8-10-19(11-9-18)33-25(24(31-26(33)35)21-5-2-3-13-29-21)23-6-4-14-32(23)22-12-7-17(27)15-20(22)28/h2-15,24-25H,1H3,(H,30,34)(H,31,35). The first kappa shape index (κ1) is 23.4. The topological polar surface area (TPSA) is 62.2 Å². The van der Waals surface area contributed by atoms with Gasteiger partial charge in [-0.2, -0.15) is 0 Å². The van der Waals surface area contributed by atoms with Gasteiger partial charge >= 0.3 is 0 Å². The summed E-state index contributed by atoms with van der Waals surface area (Å²) in [6.45, 7) is 1.48. The maximum Gasteiger partial charge on any atom is 0.221 e.